The van der Waals surface area contributed by atoms with Crippen LogP contribution in [-0.2, 0) is 0 Å². The molecule has 1 aromatic rings. The quantitative estimate of drug-likeness (QED) is 0.738. The summed E-state index contributed by atoms with van der Waals surface area (Å²) in [7, 11) is 0. The van der Waals surface area contributed by atoms with Gasteiger partial charge in [0.05, 0.1) is 0 Å². The lowest BCUT2D eigenvalue weighted by atomic mass is 9.95. The maximum atomic E-state index is 11.8. The van der Waals surface area contributed by atoms with E-state index in [-0.39, 0.29) is 5.91 Å². The van der Waals surface area contributed by atoms with Gasteiger partial charge in [0.1, 0.15) is 0 Å². The Balaban J connectivity index is 2.30. The molecule has 2 nitrogen and oxygen atoms in total. The van der Waals surface area contributed by atoms with Gasteiger partial charge in [-0.3, -0.25) is 4.79 Å². The molecule has 0 atom stereocenters. The first-order valence-corrected chi connectivity index (χ1v) is 7.11. The van der Waals surface area contributed by atoms with Crippen molar-refractivity contribution in [2.24, 2.45) is 5.92 Å². The fraction of sp³-hybridized carbons (Fsp3) is 0.562. The zero-order chi connectivity index (χ0) is 13.2. The summed E-state index contributed by atoms with van der Waals surface area (Å²) in [6, 6.07) is 9.42. The van der Waals surface area contributed by atoms with Gasteiger partial charge in [0, 0.05) is 12.1 Å². The first kappa shape index (κ1) is 14.7. The van der Waals surface area contributed by atoms with Gasteiger partial charge in [-0.15, -0.1) is 0 Å². The van der Waals surface area contributed by atoms with Crippen LogP contribution in [0.25, 0.3) is 0 Å². The molecule has 0 fully saturated rings. The van der Waals surface area contributed by atoms with Gasteiger partial charge in [0.25, 0.3) is 5.91 Å². The van der Waals surface area contributed by atoms with Crippen LogP contribution in [0.1, 0.15) is 56.3 Å². The summed E-state index contributed by atoms with van der Waals surface area (Å²) in [4.78, 5) is 11.8. The fourth-order valence-corrected chi connectivity index (χ4v) is 2.33. The second kappa shape index (κ2) is 8.73. The van der Waals surface area contributed by atoms with Gasteiger partial charge in [-0.1, -0.05) is 57.7 Å². The molecular formula is C16H25NO. The predicted molar refractivity (Wildman–Crippen MR) is 76.7 cm³/mol. The zero-order valence-electron chi connectivity index (χ0n) is 11.6. The van der Waals surface area contributed by atoms with Crippen LogP contribution in [0, 0.1) is 5.92 Å². The Morgan fingerprint density at radius 1 is 1.06 bits per heavy atom. The van der Waals surface area contributed by atoms with Crippen molar-refractivity contribution in [1.29, 1.82) is 0 Å². The Hall–Kier alpha value is -1.31. The summed E-state index contributed by atoms with van der Waals surface area (Å²) in [5.41, 5.74) is 0.750. The first-order valence-electron chi connectivity index (χ1n) is 7.11. The van der Waals surface area contributed by atoms with E-state index in [1.807, 2.05) is 30.3 Å². The van der Waals surface area contributed by atoms with Crippen LogP contribution < -0.4 is 5.32 Å². The van der Waals surface area contributed by atoms with Crippen LogP contribution in [0.4, 0.5) is 0 Å². The van der Waals surface area contributed by atoms with Crippen molar-refractivity contribution in [3.05, 3.63) is 35.9 Å². The number of hydrogen-bond acceptors (Lipinski definition) is 1. The van der Waals surface area contributed by atoms with E-state index in [1.165, 1.54) is 25.7 Å². The Kier molecular flexibility index (Phi) is 7.16. The van der Waals surface area contributed by atoms with Crippen molar-refractivity contribution in [1.82, 2.24) is 5.32 Å². The van der Waals surface area contributed by atoms with Crippen LogP contribution in [0.5, 0.6) is 0 Å². The molecule has 2 heteroatoms. The maximum Gasteiger partial charge on any atom is 0.251 e. The lowest BCUT2D eigenvalue weighted by Gasteiger charge is -2.15. The molecule has 0 aliphatic rings. The zero-order valence-corrected chi connectivity index (χ0v) is 11.6. The average Bonchev–Trinajstić information content (AvgIpc) is 2.40. The molecule has 0 saturated heterocycles. The maximum absolute atomic E-state index is 11.8. The highest BCUT2D eigenvalue weighted by atomic mass is 16.1. The monoisotopic (exact) mass is 247 g/mol. The molecule has 18 heavy (non-hydrogen) atoms. The van der Waals surface area contributed by atoms with Crippen LogP contribution in [-0.4, -0.2) is 12.5 Å². The van der Waals surface area contributed by atoms with Crippen molar-refractivity contribution in [3.63, 3.8) is 0 Å². The lowest BCUT2D eigenvalue weighted by Crippen LogP contribution is -2.25. The number of rotatable bonds is 8. The fourth-order valence-electron chi connectivity index (χ4n) is 2.33. The third kappa shape index (κ3) is 5.35. The van der Waals surface area contributed by atoms with Crippen molar-refractivity contribution < 1.29 is 4.79 Å². The Morgan fingerprint density at radius 3 is 2.22 bits per heavy atom. The third-order valence-electron chi connectivity index (χ3n) is 3.27. The van der Waals surface area contributed by atoms with Crippen LogP contribution in [0.3, 0.4) is 0 Å². The van der Waals surface area contributed by atoms with Gasteiger partial charge in [0.15, 0.2) is 0 Å². The van der Waals surface area contributed by atoms with E-state index >= 15 is 0 Å². The average molecular weight is 247 g/mol. The largest absolute Gasteiger partial charge is 0.352 e. The SMILES string of the molecule is CCCC(CCC)CCNC(=O)c1ccccc1. The molecule has 1 N–H and O–H groups in total. The summed E-state index contributed by atoms with van der Waals surface area (Å²) >= 11 is 0. The van der Waals surface area contributed by atoms with Crippen molar-refractivity contribution in [2.45, 2.75) is 46.0 Å². The van der Waals surface area contributed by atoms with Gasteiger partial charge in [-0.2, -0.15) is 0 Å². The van der Waals surface area contributed by atoms with E-state index in [4.69, 9.17) is 0 Å². The van der Waals surface area contributed by atoms with Gasteiger partial charge >= 0.3 is 0 Å². The minimum absolute atomic E-state index is 0.0438. The molecule has 0 heterocycles. The third-order valence-corrected chi connectivity index (χ3v) is 3.27. The predicted octanol–water partition coefficient (Wildman–Crippen LogP) is 4.02. The molecule has 0 aromatic heterocycles. The molecule has 100 valence electrons. The number of carbonyl (C=O) groups is 1. The molecular weight excluding hydrogens is 222 g/mol. The number of amides is 1. The van der Waals surface area contributed by atoms with Crippen LogP contribution in [0.15, 0.2) is 30.3 Å². The van der Waals surface area contributed by atoms with Crippen LogP contribution >= 0.6 is 0 Å². The Bertz CT molecular complexity index is 328. The highest BCUT2D eigenvalue weighted by molar-refractivity contribution is 5.94. The minimum Gasteiger partial charge on any atom is -0.352 e. The number of nitrogens with one attached hydrogen (secondary N) is 1. The highest BCUT2D eigenvalue weighted by Crippen LogP contribution is 2.16. The van der Waals surface area contributed by atoms with Gasteiger partial charge in [-0.25, -0.2) is 0 Å². The molecule has 1 rings (SSSR count). The van der Waals surface area contributed by atoms with E-state index in [1.54, 1.807) is 0 Å². The number of hydrogen-bond donors (Lipinski definition) is 1. The number of carbonyl (C=O) groups excluding carboxylic acids is 1. The van der Waals surface area contributed by atoms with Gasteiger partial charge < -0.3 is 5.32 Å². The highest BCUT2D eigenvalue weighted by Gasteiger charge is 2.08. The van der Waals surface area contributed by atoms with E-state index in [0.29, 0.717) is 0 Å². The summed E-state index contributed by atoms with van der Waals surface area (Å²) in [6.07, 6.45) is 6.11. The standard InChI is InChI=1S/C16H25NO/c1-3-8-14(9-4-2)12-13-17-16(18)15-10-6-5-7-11-15/h5-7,10-11,14H,3-4,8-9,12-13H2,1-2H3,(H,17,18). The summed E-state index contributed by atoms with van der Waals surface area (Å²) < 4.78 is 0. The summed E-state index contributed by atoms with van der Waals surface area (Å²) in [6.45, 7) is 5.24. The van der Waals surface area contributed by atoms with Crippen molar-refractivity contribution in [2.75, 3.05) is 6.54 Å². The lowest BCUT2D eigenvalue weighted by molar-refractivity contribution is 0.0951. The molecule has 0 aliphatic carbocycles. The molecule has 1 amide bonds. The van der Waals surface area contributed by atoms with E-state index in [9.17, 15) is 4.79 Å². The molecule has 0 radical (unpaired) electrons. The van der Waals surface area contributed by atoms with Gasteiger partial charge in [-0.05, 0) is 24.5 Å². The van der Waals surface area contributed by atoms with E-state index in [0.717, 1.165) is 24.4 Å². The van der Waals surface area contributed by atoms with E-state index in [2.05, 4.69) is 19.2 Å². The Morgan fingerprint density at radius 2 is 1.67 bits per heavy atom. The Labute approximate surface area is 111 Å². The summed E-state index contributed by atoms with van der Waals surface area (Å²) in [5.74, 6) is 0.804. The minimum atomic E-state index is 0.0438. The summed E-state index contributed by atoms with van der Waals surface area (Å²) in [5, 5.41) is 3.01. The topological polar surface area (TPSA) is 29.1 Å². The number of benzene rings is 1. The van der Waals surface area contributed by atoms with E-state index < -0.39 is 0 Å². The van der Waals surface area contributed by atoms with Crippen molar-refractivity contribution >= 4 is 5.91 Å². The molecule has 0 aliphatic heterocycles. The van der Waals surface area contributed by atoms with Crippen molar-refractivity contribution in [3.8, 4) is 0 Å². The first-order chi connectivity index (χ1) is 8.77. The normalized spacial score (nSPS) is 10.6. The molecule has 1 aromatic carbocycles. The second-order valence-corrected chi connectivity index (χ2v) is 4.85. The van der Waals surface area contributed by atoms with Crippen LogP contribution in [0.2, 0.25) is 0 Å². The molecule has 0 bridgehead atoms. The smallest absolute Gasteiger partial charge is 0.251 e. The second-order valence-electron chi connectivity index (χ2n) is 4.85. The molecule has 0 saturated carbocycles. The van der Waals surface area contributed by atoms with Gasteiger partial charge in [0.2, 0.25) is 0 Å². The molecule has 0 spiro atoms. The molecule has 0 unspecified atom stereocenters.